The first-order chi connectivity index (χ1) is 11.9. The maximum Gasteiger partial charge on any atom is 0.255 e. The van der Waals surface area contributed by atoms with Crippen molar-refractivity contribution in [1.29, 1.82) is 0 Å². The summed E-state index contributed by atoms with van der Waals surface area (Å²) in [5.74, 6) is 1.32. The number of methoxy groups -OCH3 is 2. The van der Waals surface area contributed by atoms with E-state index in [-0.39, 0.29) is 6.04 Å². The molecule has 6 nitrogen and oxygen atoms in total. The minimum absolute atomic E-state index is 0.243. The number of rotatable bonds is 5. The summed E-state index contributed by atoms with van der Waals surface area (Å²) in [6.07, 6.45) is 1.58. The number of aryl methyl sites for hydroxylation is 2. The fourth-order valence-corrected chi connectivity index (χ4v) is 6.56. The van der Waals surface area contributed by atoms with E-state index in [1.807, 2.05) is 19.1 Å². The molecular formula is C17H22N2O4S2. The van der Waals surface area contributed by atoms with Gasteiger partial charge in [0.2, 0.25) is 0 Å². The molecule has 0 spiro atoms. The lowest BCUT2D eigenvalue weighted by Gasteiger charge is -2.25. The SMILES string of the molecule is COc1ccc([C@@H]2CCCN2S(=O)(=O)c2sc(C)nc2C)c(OC)c1. The van der Waals surface area contributed by atoms with Crippen LogP contribution in [0.25, 0.3) is 0 Å². The molecule has 0 saturated carbocycles. The Kier molecular flexibility index (Phi) is 5.04. The van der Waals surface area contributed by atoms with E-state index < -0.39 is 10.0 Å². The van der Waals surface area contributed by atoms with Crippen LogP contribution in [-0.4, -0.2) is 38.5 Å². The maximum atomic E-state index is 13.2. The van der Waals surface area contributed by atoms with Crippen LogP contribution in [-0.2, 0) is 10.0 Å². The van der Waals surface area contributed by atoms with Crippen LogP contribution in [0.3, 0.4) is 0 Å². The first-order valence-electron chi connectivity index (χ1n) is 8.06. The summed E-state index contributed by atoms with van der Waals surface area (Å²) in [5, 5.41) is 0.758. The number of nitrogens with zero attached hydrogens (tertiary/aromatic N) is 2. The predicted octanol–water partition coefficient (Wildman–Crippen LogP) is 3.30. The zero-order chi connectivity index (χ0) is 18.2. The maximum absolute atomic E-state index is 13.2. The second-order valence-corrected chi connectivity index (χ2v) is 9.28. The Morgan fingerprint density at radius 1 is 1.24 bits per heavy atom. The molecule has 2 aromatic rings. The van der Waals surface area contributed by atoms with Gasteiger partial charge < -0.3 is 9.47 Å². The summed E-state index contributed by atoms with van der Waals surface area (Å²) in [4.78, 5) is 4.27. The van der Waals surface area contributed by atoms with Gasteiger partial charge in [-0.3, -0.25) is 0 Å². The summed E-state index contributed by atoms with van der Waals surface area (Å²) in [7, 11) is -0.405. The van der Waals surface area contributed by atoms with Crippen molar-refractivity contribution < 1.29 is 17.9 Å². The van der Waals surface area contributed by atoms with Gasteiger partial charge in [-0.15, -0.1) is 11.3 Å². The van der Waals surface area contributed by atoms with Gasteiger partial charge in [-0.05, 0) is 32.8 Å². The molecule has 3 rings (SSSR count). The zero-order valence-corrected chi connectivity index (χ0v) is 16.4. The Balaban J connectivity index is 2.02. The minimum Gasteiger partial charge on any atom is -0.497 e. The first kappa shape index (κ1) is 18.2. The molecule has 1 aromatic heterocycles. The van der Waals surface area contributed by atoms with Crippen LogP contribution in [0.2, 0.25) is 0 Å². The van der Waals surface area contributed by atoms with Gasteiger partial charge in [0.25, 0.3) is 10.0 Å². The number of thiazole rings is 1. The summed E-state index contributed by atoms with van der Waals surface area (Å²) in [5.41, 5.74) is 1.43. The lowest BCUT2D eigenvalue weighted by molar-refractivity contribution is 0.361. The highest BCUT2D eigenvalue weighted by molar-refractivity contribution is 7.91. The Morgan fingerprint density at radius 2 is 2.00 bits per heavy atom. The average Bonchev–Trinajstić information content (AvgIpc) is 3.21. The third kappa shape index (κ3) is 3.26. The molecule has 1 saturated heterocycles. The van der Waals surface area contributed by atoms with Crippen molar-refractivity contribution in [2.75, 3.05) is 20.8 Å². The third-order valence-corrected chi connectivity index (χ3v) is 7.98. The summed E-state index contributed by atoms with van der Waals surface area (Å²) >= 11 is 1.23. The average molecular weight is 383 g/mol. The second kappa shape index (κ2) is 6.93. The zero-order valence-electron chi connectivity index (χ0n) is 14.8. The highest BCUT2D eigenvalue weighted by atomic mass is 32.2. The van der Waals surface area contributed by atoms with E-state index >= 15 is 0 Å². The van der Waals surface area contributed by atoms with Crippen LogP contribution >= 0.6 is 11.3 Å². The number of ether oxygens (including phenoxy) is 2. The van der Waals surface area contributed by atoms with Gasteiger partial charge in [0.05, 0.1) is 31.0 Å². The van der Waals surface area contributed by atoms with Crippen molar-refractivity contribution in [3.8, 4) is 11.5 Å². The molecule has 0 amide bonds. The molecule has 1 fully saturated rings. The van der Waals surface area contributed by atoms with E-state index in [9.17, 15) is 8.42 Å². The van der Waals surface area contributed by atoms with Crippen molar-refractivity contribution in [1.82, 2.24) is 9.29 Å². The number of benzene rings is 1. The van der Waals surface area contributed by atoms with Crippen molar-refractivity contribution >= 4 is 21.4 Å². The smallest absolute Gasteiger partial charge is 0.255 e. The summed E-state index contributed by atoms with van der Waals surface area (Å²) in [6, 6.07) is 5.28. The Morgan fingerprint density at radius 3 is 2.60 bits per heavy atom. The molecule has 0 aliphatic carbocycles. The fraction of sp³-hybridized carbons (Fsp3) is 0.471. The Bertz CT molecular complexity index is 877. The van der Waals surface area contributed by atoms with Gasteiger partial charge in [0, 0.05) is 18.2 Å². The highest BCUT2D eigenvalue weighted by Gasteiger charge is 2.39. The van der Waals surface area contributed by atoms with Crippen LogP contribution in [0.5, 0.6) is 11.5 Å². The number of hydrogen-bond acceptors (Lipinski definition) is 6. The molecule has 136 valence electrons. The molecule has 0 N–H and O–H groups in total. The molecule has 25 heavy (non-hydrogen) atoms. The van der Waals surface area contributed by atoms with E-state index in [2.05, 4.69) is 4.98 Å². The third-order valence-electron chi connectivity index (χ3n) is 4.41. The molecule has 1 aliphatic heterocycles. The second-order valence-electron chi connectivity index (χ2n) is 5.99. The lowest BCUT2D eigenvalue weighted by Crippen LogP contribution is -2.30. The van der Waals surface area contributed by atoms with E-state index in [4.69, 9.17) is 9.47 Å². The first-order valence-corrected chi connectivity index (χ1v) is 10.3. The molecule has 1 atom stereocenters. The van der Waals surface area contributed by atoms with Gasteiger partial charge in [0.15, 0.2) is 4.21 Å². The van der Waals surface area contributed by atoms with E-state index in [1.54, 1.807) is 31.5 Å². The molecular weight excluding hydrogens is 360 g/mol. The van der Waals surface area contributed by atoms with E-state index in [0.29, 0.717) is 27.9 Å². The number of hydrogen-bond donors (Lipinski definition) is 0. The molecule has 2 heterocycles. The standard InChI is InChI=1S/C17H22N2O4S2/c1-11-17(24-12(2)18-11)25(20,21)19-9-5-6-15(19)14-8-7-13(22-3)10-16(14)23-4/h7-8,10,15H,5-6,9H2,1-4H3/t15-/m0/s1. The van der Waals surface area contributed by atoms with E-state index in [1.165, 1.54) is 11.3 Å². The van der Waals surface area contributed by atoms with Gasteiger partial charge in [-0.1, -0.05) is 6.07 Å². The highest BCUT2D eigenvalue weighted by Crippen LogP contribution is 2.42. The summed E-state index contributed by atoms with van der Waals surface area (Å²) in [6.45, 7) is 4.07. The lowest BCUT2D eigenvalue weighted by atomic mass is 10.0. The van der Waals surface area contributed by atoms with Crippen LogP contribution in [0.15, 0.2) is 22.4 Å². The van der Waals surface area contributed by atoms with Crippen molar-refractivity contribution in [3.63, 3.8) is 0 Å². The van der Waals surface area contributed by atoms with Crippen molar-refractivity contribution in [2.24, 2.45) is 0 Å². The number of aromatic nitrogens is 1. The van der Waals surface area contributed by atoms with Gasteiger partial charge in [-0.25, -0.2) is 13.4 Å². The summed E-state index contributed by atoms with van der Waals surface area (Å²) < 4.78 is 39.1. The van der Waals surface area contributed by atoms with Crippen molar-refractivity contribution in [3.05, 3.63) is 34.5 Å². The topological polar surface area (TPSA) is 68.7 Å². The molecule has 0 bridgehead atoms. The number of sulfonamides is 1. The Hall–Kier alpha value is -1.64. The van der Waals surface area contributed by atoms with Gasteiger partial charge >= 0.3 is 0 Å². The molecule has 8 heteroatoms. The van der Waals surface area contributed by atoms with Gasteiger partial charge in [0.1, 0.15) is 11.5 Å². The van der Waals surface area contributed by atoms with Crippen LogP contribution in [0, 0.1) is 13.8 Å². The predicted molar refractivity (Wildman–Crippen MR) is 97.0 cm³/mol. The molecule has 0 radical (unpaired) electrons. The van der Waals surface area contributed by atoms with Crippen LogP contribution in [0.4, 0.5) is 0 Å². The quantitative estimate of drug-likeness (QED) is 0.794. The molecule has 1 aromatic carbocycles. The monoisotopic (exact) mass is 382 g/mol. The fourth-order valence-electron chi connectivity index (χ4n) is 3.29. The van der Waals surface area contributed by atoms with E-state index in [0.717, 1.165) is 23.4 Å². The van der Waals surface area contributed by atoms with Crippen LogP contribution < -0.4 is 9.47 Å². The molecule has 1 aliphatic rings. The molecule has 0 unspecified atom stereocenters. The largest absolute Gasteiger partial charge is 0.497 e. The van der Waals surface area contributed by atoms with Gasteiger partial charge in [-0.2, -0.15) is 4.31 Å². The van der Waals surface area contributed by atoms with Crippen LogP contribution in [0.1, 0.15) is 35.1 Å². The minimum atomic E-state index is -3.58. The normalized spacial score (nSPS) is 18.5. The van der Waals surface area contributed by atoms with Crippen molar-refractivity contribution in [2.45, 2.75) is 36.9 Å². The Labute approximate surface area is 152 Å².